The molecule has 0 atom stereocenters. The van der Waals surface area contributed by atoms with Crippen LogP contribution in [-0.4, -0.2) is 71.3 Å². The number of anilines is 2. The van der Waals surface area contributed by atoms with E-state index in [1.54, 1.807) is 28.9 Å². The summed E-state index contributed by atoms with van der Waals surface area (Å²) in [5.74, 6) is -1.24. The van der Waals surface area contributed by atoms with E-state index in [0.29, 0.717) is 17.2 Å². The molecule has 4 heterocycles. The van der Waals surface area contributed by atoms with Crippen LogP contribution >= 0.6 is 0 Å². The number of imidazole rings is 1. The molecule has 0 saturated carbocycles. The Balaban J connectivity index is 1.15. The maximum absolute atomic E-state index is 14.8. The van der Waals surface area contributed by atoms with E-state index in [9.17, 15) is 8.78 Å². The van der Waals surface area contributed by atoms with Crippen molar-refractivity contribution in [1.82, 2.24) is 29.5 Å². The number of hydrogen-bond acceptors (Lipinski definition) is 6. The normalized spacial score (nSPS) is 16.8. The van der Waals surface area contributed by atoms with Crippen LogP contribution < -0.4 is 10.6 Å². The van der Waals surface area contributed by atoms with Crippen LogP contribution in [0.15, 0.2) is 67.8 Å². The molecule has 2 aliphatic rings. The third-order valence-electron chi connectivity index (χ3n) is 8.89. The molecule has 0 unspecified atom stereocenters. The molecule has 2 aromatic heterocycles. The molecular formula is C33H36BF2N7. The van der Waals surface area contributed by atoms with E-state index in [-0.39, 0.29) is 16.4 Å². The Kier molecular flexibility index (Phi) is 7.73. The van der Waals surface area contributed by atoms with Gasteiger partial charge in [0.1, 0.15) is 0 Å². The fourth-order valence-electron chi connectivity index (χ4n) is 6.15. The molecule has 0 bridgehead atoms. The topological polar surface area (TPSA) is 60.7 Å². The molecule has 2 aliphatic heterocycles. The smallest absolute Gasteiger partial charge is 0.180 e. The van der Waals surface area contributed by atoms with Crippen LogP contribution in [0.5, 0.6) is 0 Å². The highest BCUT2D eigenvalue weighted by molar-refractivity contribution is 6.17. The Bertz CT molecular complexity index is 1700. The molecule has 0 amide bonds. The van der Waals surface area contributed by atoms with Crippen molar-refractivity contribution in [2.45, 2.75) is 32.0 Å². The minimum Gasteiger partial charge on any atom is -0.372 e. The monoisotopic (exact) mass is 579 g/mol. The highest BCUT2D eigenvalue weighted by Crippen LogP contribution is 2.42. The number of piperazine rings is 1. The zero-order valence-corrected chi connectivity index (χ0v) is 24.8. The molecule has 2 N–H and O–H groups in total. The molecule has 2 saturated heterocycles. The molecule has 7 nitrogen and oxygen atoms in total. The zero-order valence-electron chi connectivity index (χ0n) is 24.8. The molecule has 2 aromatic carbocycles. The number of halogens is 2. The Morgan fingerprint density at radius 3 is 2.40 bits per heavy atom. The zero-order chi connectivity index (χ0) is 30.3. The Hall–Kier alpha value is -4.18. The van der Waals surface area contributed by atoms with E-state index in [2.05, 4.69) is 62.6 Å². The lowest BCUT2D eigenvalue weighted by Gasteiger charge is -2.46. The highest BCUT2D eigenvalue weighted by Gasteiger charge is 2.33. The molecule has 220 valence electrons. The molecule has 2 radical (unpaired) electrons. The number of benzene rings is 2. The van der Waals surface area contributed by atoms with Gasteiger partial charge in [-0.15, -0.1) is 0 Å². The van der Waals surface area contributed by atoms with Gasteiger partial charge in [-0.25, -0.2) is 18.7 Å². The van der Waals surface area contributed by atoms with Crippen molar-refractivity contribution in [1.29, 1.82) is 0 Å². The van der Waals surface area contributed by atoms with Crippen LogP contribution in [0.25, 0.3) is 22.6 Å². The van der Waals surface area contributed by atoms with E-state index in [4.69, 9.17) is 7.85 Å². The molecule has 4 aromatic rings. The van der Waals surface area contributed by atoms with Crippen LogP contribution in [0.4, 0.5) is 20.3 Å². The summed E-state index contributed by atoms with van der Waals surface area (Å²) in [5.41, 5.74) is 6.38. The molecule has 6 rings (SSSR count). The number of aromatic nitrogens is 3. The predicted octanol–water partition coefficient (Wildman–Crippen LogP) is 5.85. The van der Waals surface area contributed by atoms with Crippen LogP contribution in [0, 0.1) is 25.5 Å². The van der Waals surface area contributed by atoms with Crippen molar-refractivity contribution in [3.05, 3.63) is 96.1 Å². The summed E-state index contributed by atoms with van der Waals surface area (Å²) in [7, 11) is 6.73. The summed E-state index contributed by atoms with van der Waals surface area (Å²) < 4.78 is 30.7. The number of allylic oxidation sites excluding steroid dienone is 1. The van der Waals surface area contributed by atoms with Crippen molar-refractivity contribution < 1.29 is 8.78 Å². The lowest BCUT2D eigenvalue weighted by Crippen LogP contribution is -2.47. The number of aryl methyl sites for hydroxylation is 2. The Morgan fingerprint density at radius 1 is 0.953 bits per heavy atom. The average molecular weight is 580 g/mol. The lowest BCUT2D eigenvalue weighted by atomic mass is 9.60. The third-order valence-corrected chi connectivity index (χ3v) is 8.89. The third kappa shape index (κ3) is 5.40. The Labute approximate surface area is 252 Å². The van der Waals surface area contributed by atoms with E-state index >= 15 is 0 Å². The summed E-state index contributed by atoms with van der Waals surface area (Å²) in [6.45, 7) is 17.7. The molecular weight excluding hydrogens is 543 g/mol. The summed E-state index contributed by atoms with van der Waals surface area (Å²) in [4.78, 5) is 13.6. The second-order valence-corrected chi connectivity index (χ2v) is 11.6. The first-order chi connectivity index (χ1) is 20.7. The van der Waals surface area contributed by atoms with Gasteiger partial charge in [0.15, 0.2) is 23.1 Å². The van der Waals surface area contributed by atoms with Crippen molar-refractivity contribution in [2.24, 2.45) is 0 Å². The lowest BCUT2D eigenvalue weighted by molar-refractivity contribution is 0.193. The molecule has 0 aliphatic carbocycles. The first-order valence-electron chi connectivity index (χ1n) is 14.7. The summed E-state index contributed by atoms with van der Waals surface area (Å²) in [6.07, 6.45) is 6.65. The first-order valence-corrected chi connectivity index (χ1v) is 14.7. The van der Waals surface area contributed by atoms with E-state index < -0.39 is 11.6 Å². The number of fused-ring (bicyclic) bond motifs is 1. The quantitative estimate of drug-likeness (QED) is 0.268. The first kappa shape index (κ1) is 28.9. The SMILES string of the molecule is [B]C1(C(=C)N2CCN(C(=C)c3ccc(Nc4nccn5c(-c6ccc(C)c(F)c6F)cnc45)cc3C)CC2)CCNCC1. The van der Waals surface area contributed by atoms with Gasteiger partial charge < -0.3 is 20.4 Å². The van der Waals surface area contributed by atoms with Gasteiger partial charge in [0.25, 0.3) is 0 Å². The minimum absolute atomic E-state index is 0.144. The average Bonchev–Trinajstić information content (AvgIpc) is 3.45. The van der Waals surface area contributed by atoms with Crippen molar-refractivity contribution in [2.75, 3.05) is 44.6 Å². The minimum atomic E-state index is -0.893. The van der Waals surface area contributed by atoms with E-state index in [1.807, 2.05) is 6.07 Å². The number of rotatable bonds is 7. The molecule has 2 fully saturated rings. The molecule has 43 heavy (non-hydrogen) atoms. The van der Waals surface area contributed by atoms with Crippen molar-refractivity contribution in [3.8, 4) is 11.3 Å². The standard InChI is InChI=1S/C33H36BF2N7/c1-21-5-7-27(30(36)29(21)35)28-20-39-32-31(38-13-14-43(28)32)40-25-6-8-26(22(2)19-25)23(3)41-15-17-42(18-16-41)24(4)33(34)9-11-37-12-10-33/h5-8,13-14,19-20,37H,3-4,9-12,15-18H2,1-2H3,(H,38,40). The Morgan fingerprint density at radius 2 is 1.67 bits per heavy atom. The van der Waals surface area contributed by atoms with Gasteiger partial charge >= 0.3 is 0 Å². The van der Waals surface area contributed by atoms with Crippen LogP contribution in [0.1, 0.15) is 29.5 Å². The van der Waals surface area contributed by atoms with E-state index in [0.717, 1.165) is 80.3 Å². The van der Waals surface area contributed by atoms with Gasteiger partial charge in [-0.1, -0.05) is 25.3 Å². The maximum atomic E-state index is 14.8. The van der Waals surface area contributed by atoms with Crippen LogP contribution in [-0.2, 0) is 0 Å². The number of piperidine rings is 1. The van der Waals surface area contributed by atoms with Gasteiger partial charge in [0.2, 0.25) is 0 Å². The summed E-state index contributed by atoms with van der Waals surface area (Å²) in [6, 6.07) is 9.24. The van der Waals surface area contributed by atoms with Gasteiger partial charge in [-0.3, -0.25) is 4.40 Å². The maximum Gasteiger partial charge on any atom is 0.180 e. The number of nitrogens with one attached hydrogen (secondary N) is 2. The fourth-order valence-corrected chi connectivity index (χ4v) is 6.15. The van der Waals surface area contributed by atoms with Gasteiger partial charge in [-0.2, -0.15) is 0 Å². The predicted molar refractivity (Wildman–Crippen MR) is 169 cm³/mol. The van der Waals surface area contributed by atoms with Gasteiger partial charge in [0.05, 0.1) is 19.7 Å². The molecule has 0 spiro atoms. The van der Waals surface area contributed by atoms with Crippen LogP contribution in [0.2, 0.25) is 5.31 Å². The second kappa shape index (κ2) is 11.5. The van der Waals surface area contributed by atoms with Gasteiger partial charge in [0, 0.05) is 66.8 Å². The van der Waals surface area contributed by atoms with E-state index in [1.165, 1.54) is 13.1 Å². The van der Waals surface area contributed by atoms with Crippen molar-refractivity contribution >= 4 is 30.7 Å². The van der Waals surface area contributed by atoms with Crippen LogP contribution in [0.3, 0.4) is 0 Å². The highest BCUT2D eigenvalue weighted by atomic mass is 19.2. The number of hydrogen-bond donors (Lipinski definition) is 2. The largest absolute Gasteiger partial charge is 0.372 e. The second-order valence-electron chi connectivity index (χ2n) is 11.6. The molecule has 10 heteroatoms. The fraction of sp³-hybridized carbons (Fsp3) is 0.333. The number of nitrogens with zero attached hydrogens (tertiary/aromatic N) is 5. The summed E-state index contributed by atoms with van der Waals surface area (Å²) >= 11 is 0. The van der Waals surface area contributed by atoms with Gasteiger partial charge in [-0.05, 0) is 74.4 Å². The summed E-state index contributed by atoms with van der Waals surface area (Å²) in [5, 5.41) is 6.41. The van der Waals surface area contributed by atoms with Crippen molar-refractivity contribution in [3.63, 3.8) is 0 Å².